The molecular weight excluding hydrogens is 240 g/mol. The van der Waals surface area contributed by atoms with Gasteiger partial charge in [-0.15, -0.1) is 0 Å². The molecule has 0 unspecified atom stereocenters. The van der Waals surface area contributed by atoms with Crippen LogP contribution in [0.1, 0.15) is 23.0 Å². The fourth-order valence-corrected chi connectivity index (χ4v) is 1.77. The number of nitrogens with one attached hydrogen (secondary N) is 2. The molecule has 1 heterocycles. The topological polar surface area (TPSA) is 59.0 Å². The molecule has 0 aliphatic heterocycles. The first-order chi connectivity index (χ1) is 9.20. The van der Waals surface area contributed by atoms with Crippen molar-refractivity contribution in [3.05, 3.63) is 47.8 Å². The molecule has 0 radical (unpaired) electrons. The van der Waals surface area contributed by atoms with Crippen molar-refractivity contribution in [2.75, 3.05) is 11.9 Å². The van der Waals surface area contributed by atoms with E-state index in [1.165, 1.54) is 0 Å². The summed E-state index contributed by atoms with van der Waals surface area (Å²) in [6.07, 6.45) is 1.77. The average molecular weight is 258 g/mol. The van der Waals surface area contributed by atoms with E-state index in [1.807, 2.05) is 49.0 Å². The van der Waals surface area contributed by atoms with E-state index in [9.17, 15) is 4.79 Å². The van der Waals surface area contributed by atoms with Gasteiger partial charge in [-0.05, 0) is 37.3 Å². The Morgan fingerprint density at radius 1 is 1.26 bits per heavy atom. The summed E-state index contributed by atoms with van der Waals surface area (Å²) in [5.74, 6) is -0.0410. The molecule has 0 aliphatic rings. The molecule has 0 aliphatic carbocycles. The molecule has 1 amide bonds. The zero-order valence-corrected chi connectivity index (χ0v) is 11.2. The lowest BCUT2D eigenvalue weighted by atomic mass is 10.2. The molecule has 0 saturated heterocycles. The van der Waals surface area contributed by atoms with E-state index >= 15 is 0 Å². The smallest absolute Gasteiger partial charge is 0.251 e. The minimum atomic E-state index is -0.0410. The van der Waals surface area contributed by atoms with Crippen LogP contribution in [-0.4, -0.2) is 22.2 Å². The van der Waals surface area contributed by atoms with Crippen molar-refractivity contribution in [2.24, 2.45) is 7.05 Å². The first-order valence-corrected chi connectivity index (χ1v) is 6.29. The molecule has 2 aromatic rings. The number of nitrogens with zero attached hydrogens (tertiary/aromatic N) is 2. The minimum Gasteiger partial charge on any atom is -0.379 e. The third kappa shape index (κ3) is 3.34. The molecule has 2 rings (SSSR count). The van der Waals surface area contributed by atoms with Crippen molar-refractivity contribution in [1.29, 1.82) is 0 Å². The van der Waals surface area contributed by atoms with Gasteiger partial charge in [0.1, 0.15) is 0 Å². The maximum atomic E-state index is 11.6. The summed E-state index contributed by atoms with van der Waals surface area (Å²) in [4.78, 5) is 11.6. The Kier molecular flexibility index (Phi) is 4.18. The average Bonchev–Trinajstić information content (AvgIpc) is 2.83. The summed E-state index contributed by atoms with van der Waals surface area (Å²) >= 11 is 0. The third-order valence-electron chi connectivity index (χ3n) is 2.88. The molecule has 0 spiro atoms. The van der Waals surface area contributed by atoms with Crippen molar-refractivity contribution >= 4 is 11.6 Å². The Morgan fingerprint density at radius 3 is 2.58 bits per heavy atom. The first-order valence-electron chi connectivity index (χ1n) is 6.29. The lowest BCUT2D eigenvalue weighted by Gasteiger charge is -2.08. The monoisotopic (exact) mass is 258 g/mol. The SMILES string of the molecule is CCNC(=O)c1ccc(NCc2ccnn2C)cc1. The summed E-state index contributed by atoms with van der Waals surface area (Å²) in [5.41, 5.74) is 2.76. The van der Waals surface area contributed by atoms with Crippen LogP contribution in [0.4, 0.5) is 5.69 Å². The Morgan fingerprint density at radius 2 is 2.00 bits per heavy atom. The van der Waals surface area contributed by atoms with Gasteiger partial charge in [0.15, 0.2) is 0 Å². The number of carbonyl (C=O) groups excluding carboxylic acids is 1. The highest BCUT2D eigenvalue weighted by Gasteiger charge is 2.03. The van der Waals surface area contributed by atoms with Crippen LogP contribution < -0.4 is 10.6 Å². The lowest BCUT2D eigenvalue weighted by Crippen LogP contribution is -2.22. The number of hydrogen-bond acceptors (Lipinski definition) is 3. The zero-order chi connectivity index (χ0) is 13.7. The highest BCUT2D eigenvalue weighted by molar-refractivity contribution is 5.94. The predicted molar refractivity (Wildman–Crippen MR) is 75.0 cm³/mol. The van der Waals surface area contributed by atoms with E-state index in [0.717, 1.165) is 11.4 Å². The van der Waals surface area contributed by atoms with Crippen molar-refractivity contribution < 1.29 is 4.79 Å². The molecule has 0 fully saturated rings. The quantitative estimate of drug-likeness (QED) is 0.859. The lowest BCUT2D eigenvalue weighted by molar-refractivity contribution is 0.0956. The second-order valence-corrected chi connectivity index (χ2v) is 4.24. The Bertz CT molecular complexity index is 545. The Hall–Kier alpha value is -2.30. The second-order valence-electron chi connectivity index (χ2n) is 4.24. The summed E-state index contributed by atoms with van der Waals surface area (Å²) in [5, 5.41) is 10.2. The largest absolute Gasteiger partial charge is 0.379 e. The molecule has 19 heavy (non-hydrogen) atoms. The van der Waals surface area contributed by atoms with E-state index in [4.69, 9.17) is 0 Å². The highest BCUT2D eigenvalue weighted by atomic mass is 16.1. The maximum absolute atomic E-state index is 11.6. The van der Waals surface area contributed by atoms with Gasteiger partial charge in [-0.3, -0.25) is 9.48 Å². The highest BCUT2D eigenvalue weighted by Crippen LogP contribution is 2.11. The van der Waals surface area contributed by atoms with Crippen LogP contribution in [0, 0.1) is 0 Å². The van der Waals surface area contributed by atoms with Gasteiger partial charge in [0.05, 0.1) is 12.2 Å². The van der Waals surface area contributed by atoms with Crippen molar-refractivity contribution in [3.63, 3.8) is 0 Å². The normalized spacial score (nSPS) is 10.2. The Labute approximate surface area is 112 Å². The molecule has 0 atom stereocenters. The van der Waals surface area contributed by atoms with Gasteiger partial charge in [-0.25, -0.2) is 0 Å². The van der Waals surface area contributed by atoms with Gasteiger partial charge < -0.3 is 10.6 Å². The zero-order valence-electron chi connectivity index (χ0n) is 11.2. The molecule has 0 saturated carbocycles. The number of carbonyl (C=O) groups is 1. The van der Waals surface area contributed by atoms with E-state index < -0.39 is 0 Å². The summed E-state index contributed by atoms with van der Waals surface area (Å²) in [7, 11) is 1.91. The fraction of sp³-hybridized carbons (Fsp3) is 0.286. The van der Waals surface area contributed by atoms with Gasteiger partial charge >= 0.3 is 0 Å². The van der Waals surface area contributed by atoms with Crippen LogP contribution in [0.15, 0.2) is 36.5 Å². The maximum Gasteiger partial charge on any atom is 0.251 e. The number of rotatable bonds is 5. The molecule has 0 bridgehead atoms. The van der Waals surface area contributed by atoms with E-state index in [0.29, 0.717) is 18.7 Å². The van der Waals surface area contributed by atoms with Crippen molar-refractivity contribution in [3.8, 4) is 0 Å². The van der Waals surface area contributed by atoms with Crippen molar-refractivity contribution in [1.82, 2.24) is 15.1 Å². The van der Waals surface area contributed by atoms with Gasteiger partial charge in [-0.2, -0.15) is 5.10 Å². The van der Waals surface area contributed by atoms with Crippen LogP contribution >= 0.6 is 0 Å². The van der Waals surface area contributed by atoms with Crippen LogP contribution in [0.2, 0.25) is 0 Å². The molecule has 1 aromatic heterocycles. The van der Waals surface area contributed by atoms with Crippen LogP contribution in [0.3, 0.4) is 0 Å². The minimum absolute atomic E-state index is 0.0410. The molecule has 1 aromatic carbocycles. The summed E-state index contributed by atoms with van der Waals surface area (Å²) in [6, 6.07) is 9.41. The summed E-state index contributed by atoms with van der Waals surface area (Å²) < 4.78 is 1.83. The number of hydrogen-bond donors (Lipinski definition) is 2. The number of aromatic nitrogens is 2. The van der Waals surface area contributed by atoms with E-state index in [1.54, 1.807) is 6.20 Å². The first kappa shape index (κ1) is 13.1. The van der Waals surface area contributed by atoms with E-state index in [-0.39, 0.29) is 5.91 Å². The van der Waals surface area contributed by atoms with Crippen LogP contribution in [0.5, 0.6) is 0 Å². The van der Waals surface area contributed by atoms with Gasteiger partial charge in [0.25, 0.3) is 5.91 Å². The Balaban J connectivity index is 1.95. The van der Waals surface area contributed by atoms with Gasteiger partial charge in [-0.1, -0.05) is 0 Å². The number of benzene rings is 1. The third-order valence-corrected chi connectivity index (χ3v) is 2.88. The molecular formula is C14H18N4O. The molecule has 2 N–H and O–H groups in total. The number of amides is 1. The molecule has 100 valence electrons. The van der Waals surface area contributed by atoms with Crippen molar-refractivity contribution in [2.45, 2.75) is 13.5 Å². The van der Waals surface area contributed by atoms with Crippen LogP contribution in [-0.2, 0) is 13.6 Å². The van der Waals surface area contributed by atoms with Crippen LogP contribution in [0.25, 0.3) is 0 Å². The molecule has 5 heteroatoms. The standard InChI is InChI=1S/C14H18N4O/c1-3-15-14(19)11-4-6-12(7-5-11)16-10-13-8-9-17-18(13)2/h4-9,16H,3,10H2,1-2H3,(H,15,19). The number of aryl methyl sites for hydroxylation is 1. The second kappa shape index (κ2) is 6.04. The van der Waals surface area contributed by atoms with Gasteiger partial charge in [0, 0.05) is 31.0 Å². The predicted octanol–water partition coefficient (Wildman–Crippen LogP) is 1.78. The summed E-state index contributed by atoms with van der Waals surface area (Å²) in [6.45, 7) is 3.25. The van der Waals surface area contributed by atoms with E-state index in [2.05, 4.69) is 15.7 Å². The fourth-order valence-electron chi connectivity index (χ4n) is 1.77. The number of anilines is 1. The van der Waals surface area contributed by atoms with Gasteiger partial charge in [0.2, 0.25) is 0 Å². The molecule has 5 nitrogen and oxygen atoms in total.